The number of ether oxygens (including phenoxy) is 1. The van der Waals surface area contributed by atoms with Gasteiger partial charge in [-0.15, -0.1) is 21.6 Å². The lowest BCUT2D eigenvalue weighted by Gasteiger charge is -2.24. The number of halogens is 1. The molecule has 4 N–H and O–H groups in total. The van der Waals surface area contributed by atoms with Crippen molar-refractivity contribution < 1.29 is 19.4 Å². The second-order valence-electron chi connectivity index (χ2n) is 7.48. The number of nitrogens with two attached hydrogens (primary N) is 1. The van der Waals surface area contributed by atoms with E-state index < -0.39 is 16.1 Å². The maximum Gasteiger partial charge on any atom is 0.341 e. The predicted molar refractivity (Wildman–Crippen MR) is 111 cm³/mol. The summed E-state index contributed by atoms with van der Waals surface area (Å²) < 4.78 is 4.23. The molecule has 0 fully saturated rings. The second-order valence-corrected chi connectivity index (χ2v) is 9.72. The van der Waals surface area contributed by atoms with Gasteiger partial charge < -0.3 is 20.9 Å². The number of rotatable bonds is 5. The molecule has 0 radical (unpaired) electrons. The van der Waals surface area contributed by atoms with Gasteiger partial charge in [0.15, 0.2) is 16.5 Å². The molecular weight excluding hydrogens is 448 g/mol. The maximum absolute atomic E-state index is 12.6. The quantitative estimate of drug-likeness (QED) is 0.191. The van der Waals surface area contributed by atoms with E-state index in [2.05, 4.69) is 31.5 Å². The van der Waals surface area contributed by atoms with Gasteiger partial charge in [0, 0.05) is 5.92 Å². The number of ketones is 1. The first-order chi connectivity index (χ1) is 12.8. The van der Waals surface area contributed by atoms with E-state index in [-0.39, 0.29) is 33.8 Å². The zero-order valence-electron chi connectivity index (χ0n) is 16.2. The molecule has 0 spiro atoms. The minimum Gasteiger partial charge on any atom is -0.504 e. The molecule has 0 aliphatic carbocycles. The number of Topliss-reactive ketones (excluding diaryl/α,β-unsaturated/α-hetero) is 1. The number of carbonyl (C=O) groups is 2. The summed E-state index contributed by atoms with van der Waals surface area (Å²) in [4.78, 5) is 25.4. The van der Waals surface area contributed by atoms with E-state index >= 15 is 0 Å². The Balaban J connectivity index is 2.40. The average molecular weight is 471 g/mol. The Hall–Kier alpha value is -2.20. The molecule has 0 amide bonds. The van der Waals surface area contributed by atoms with Crippen molar-refractivity contribution in [2.24, 2.45) is 21.9 Å². The van der Waals surface area contributed by atoms with Crippen molar-refractivity contribution >= 4 is 44.0 Å². The fourth-order valence-corrected chi connectivity index (χ4v) is 3.57. The number of dihydropyridines is 1. The fraction of sp³-hybridized carbons (Fsp3) is 0.444. The number of hydrogen-bond acceptors (Lipinski definition) is 9. The van der Waals surface area contributed by atoms with Gasteiger partial charge in [0.1, 0.15) is 11.4 Å². The standard InChI is InChI=1S/C18H23BrN4O4S/c1-9(2)13(25)12-8-10(16(26)27-17(3,4)5)15(28-12)22-23-18(19)7-6-11(24)14(20)21-18/h6-9,21,24H,20H2,1-5H3. The number of carbonyl (C=O) groups excluding carboxylic acids is 2. The van der Waals surface area contributed by atoms with Crippen LogP contribution in [-0.4, -0.2) is 27.0 Å². The van der Waals surface area contributed by atoms with Crippen molar-refractivity contribution in [3.63, 3.8) is 0 Å². The molecule has 28 heavy (non-hydrogen) atoms. The summed E-state index contributed by atoms with van der Waals surface area (Å²) in [5, 5.41) is 20.8. The lowest BCUT2D eigenvalue weighted by Crippen LogP contribution is -2.40. The highest BCUT2D eigenvalue weighted by atomic mass is 79.9. The Morgan fingerprint density at radius 1 is 1.39 bits per heavy atom. The molecule has 1 aliphatic heterocycles. The Kier molecular flexibility index (Phi) is 6.34. The number of hydrogen-bond donors (Lipinski definition) is 3. The Morgan fingerprint density at radius 2 is 2.04 bits per heavy atom. The predicted octanol–water partition coefficient (Wildman–Crippen LogP) is 4.52. The number of esters is 1. The van der Waals surface area contributed by atoms with Crippen molar-refractivity contribution in [1.29, 1.82) is 0 Å². The maximum atomic E-state index is 12.6. The van der Waals surface area contributed by atoms with E-state index in [0.29, 0.717) is 4.88 Å². The Morgan fingerprint density at radius 3 is 2.57 bits per heavy atom. The summed E-state index contributed by atoms with van der Waals surface area (Å²) in [5.74, 6) is -1.02. The lowest BCUT2D eigenvalue weighted by atomic mass is 10.1. The number of thiophene rings is 1. The summed E-state index contributed by atoms with van der Waals surface area (Å²) in [6.07, 6.45) is 2.87. The van der Waals surface area contributed by atoms with Crippen LogP contribution >= 0.6 is 27.3 Å². The minimum absolute atomic E-state index is 0.0209. The highest BCUT2D eigenvalue weighted by Gasteiger charge is 2.29. The Labute approximate surface area is 175 Å². The van der Waals surface area contributed by atoms with Gasteiger partial charge in [0.05, 0.1) is 10.4 Å². The van der Waals surface area contributed by atoms with Gasteiger partial charge >= 0.3 is 5.97 Å². The Bertz CT molecular complexity index is 883. The van der Waals surface area contributed by atoms with Crippen molar-refractivity contribution in [2.75, 3.05) is 0 Å². The molecule has 1 unspecified atom stereocenters. The van der Waals surface area contributed by atoms with Gasteiger partial charge in [-0.1, -0.05) is 13.8 Å². The van der Waals surface area contributed by atoms with Gasteiger partial charge in [-0.2, -0.15) is 0 Å². The van der Waals surface area contributed by atoms with Crippen molar-refractivity contribution in [2.45, 2.75) is 44.8 Å². The monoisotopic (exact) mass is 470 g/mol. The van der Waals surface area contributed by atoms with Gasteiger partial charge in [-0.3, -0.25) is 4.79 Å². The summed E-state index contributed by atoms with van der Waals surface area (Å²) >= 11 is 4.39. The van der Waals surface area contributed by atoms with E-state index in [0.717, 1.165) is 11.3 Å². The third-order valence-corrected chi connectivity index (χ3v) is 5.09. The van der Waals surface area contributed by atoms with Crippen LogP contribution in [-0.2, 0) is 4.74 Å². The largest absolute Gasteiger partial charge is 0.504 e. The molecular formula is C18H23BrN4O4S. The van der Waals surface area contributed by atoms with Crippen LogP contribution in [0.1, 0.15) is 54.6 Å². The minimum atomic E-state index is -1.19. The average Bonchev–Trinajstić information content (AvgIpc) is 2.99. The van der Waals surface area contributed by atoms with Crippen LogP contribution in [0.25, 0.3) is 0 Å². The summed E-state index contributed by atoms with van der Waals surface area (Å²) in [6.45, 7) is 8.82. The van der Waals surface area contributed by atoms with E-state index in [1.54, 1.807) is 34.6 Å². The molecule has 1 aromatic rings. The number of azo groups is 1. The molecule has 0 aromatic carbocycles. The van der Waals surface area contributed by atoms with Crippen LogP contribution in [0.5, 0.6) is 0 Å². The highest BCUT2D eigenvalue weighted by molar-refractivity contribution is 9.10. The SMILES string of the molecule is CC(C)C(=O)c1cc(C(=O)OC(C)(C)C)c(N=NC2(Br)C=CC(O)=C(N)N2)s1. The van der Waals surface area contributed by atoms with Crippen LogP contribution in [0.4, 0.5) is 5.00 Å². The van der Waals surface area contributed by atoms with E-state index in [1.807, 2.05) is 0 Å². The topological polar surface area (TPSA) is 126 Å². The second kappa shape index (κ2) is 8.04. The summed E-state index contributed by atoms with van der Waals surface area (Å²) in [6, 6.07) is 1.49. The van der Waals surface area contributed by atoms with Gasteiger partial charge in [0.25, 0.3) is 0 Å². The molecule has 8 nitrogen and oxygen atoms in total. The van der Waals surface area contributed by atoms with E-state index in [1.165, 1.54) is 18.2 Å². The number of allylic oxidation sites excluding steroid dienone is 1. The normalized spacial score (nSPS) is 20.0. The van der Waals surface area contributed by atoms with Gasteiger partial charge in [-0.25, -0.2) is 4.79 Å². The molecule has 2 rings (SSSR count). The molecule has 152 valence electrons. The molecule has 0 bridgehead atoms. The van der Waals surface area contributed by atoms with E-state index in [4.69, 9.17) is 10.5 Å². The third-order valence-electron chi connectivity index (χ3n) is 3.43. The molecule has 2 heterocycles. The first-order valence-corrected chi connectivity index (χ1v) is 10.1. The zero-order chi connectivity index (χ0) is 21.3. The van der Waals surface area contributed by atoms with Crippen LogP contribution < -0.4 is 11.1 Å². The number of aliphatic hydroxyl groups excluding tert-OH is 1. The lowest BCUT2D eigenvalue weighted by molar-refractivity contribution is 0.00709. The molecule has 10 heteroatoms. The van der Waals surface area contributed by atoms with Gasteiger partial charge in [-0.05, 0) is 54.9 Å². The van der Waals surface area contributed by atoms with Crippen LogP contribution in [0.3, 0.4) is 0 Å². The molecule has 1 atom stereocenters. The smallest absolute Gasteiger partial charge is 0.341 e. The number of alkyl halides is 1. The van der Waals surface area contributed by atoms with Crippen LogP contribution in [0.15, 0.2) is 40.0 Å². The first kappa shape index (κ1) is 22.1. The van der Waals surface area contributed by atoms with Crippen molar-refractivity contribution in [1.82, 2.24) is 5.32 Å². The number of nitrogens with zero attached hydrogens (tertiary/aromatic N) is 2. The molecule has 0 saturated carbocycles. The number of aliphatic hydroxyl groups is 1. The number of nitrogens with one attached hydrogen (secondary N) is 1. The molecule has 1 aromatic heterocycles. The summed E-state index contributed by atoms with van der Waals surface area (Å²) in [5.41, 5.74) is 5.13. The summed E-state index contributed by atoms with van der Waals surface area (Å²) in [7, 11) is 0. The highest BCUT2D eigenvalue weighted by Crippen LogP contribution is 2.36. The van der Waals surface area contributed by atoms with Crippen LogP contribution in [0.2, 0.25) is 0 Å². The molecule has 1 aliphatic rings. The van der Waals surface area contributed by atoms with E-state index in [9.17, 15) is 14.7 Å². The van der Waals surface area contributed by atoms with Crippen molar-refractivity contribution in [3.05, 3.63) is 40.2 Å². The fourth-order valence-electron chi connectivity index (χ4n) is 2.09. The third kappa shape index (κ3) is 5.41. The van der Waals surface area contributed by atoms with Crippen LogP contribution in [0, 0.1) is 5.92 Å². The van der Waals surface area contributed by atoms with Gasteiger partial charge in [0.2, 0.25) is 4.57 Å². The first-order valence-electron chi connectivity index (χ1n) is 8.50. The van der Waals surface area contributed by atoms with Crippen molar-refractivity contribution in [3.8, 4) is 0 Å². The molecule has 0 saturated heterocycles. The zero-order valence-corrected chi connectivity index (χ0v) is 18.6.